The fourth-order valence-electron chi connectivity index (χ4n) is 4.33. The number of rotatable bonds is 36. The molecule has 1 aromatic rings. The number of amides is 2. The van der Waals surface area contributed by atoms with Crippen molar-refractivity contribution >= 4 is 23.4 Å². The fourth-order valence-corrected chi connectivity index (χ4v) is 4.52. The van der Waals surface area contributed by atoms with Gasteiger partial charge in [-0.25, -0.2) is 0 Å². The number of benzene rings is 1. The number of carbonyl (C=O) groups is 2. The minimum atomic E-state index is -0.276. The van der Waals surface area contributed by atoms with E-state index in [2.05, 4.69) is 0 Å². The van der Waals surface area contributed by atoms with Crippen LogP contribution in [0.4, 0.5) is 0 Å². The van der Waals surface area contributed by atoms with Gasteiger partial charge < -0.3 is 47.4 Å². The molecule has 0 N–H and O–H groups in total. The highest BCUT2D eigenvalue weighted by Gasteiger charge is 2.34. The van der Waals surface area contributed by atoms with Crippen LogP contribution in [0.1, 0.15) is 46.4 Å². The Balaban J connectivity index is 1.17. The van der Waals surface area contributed by atoms with Gasteiger partial charge in [0.2, 0.25) is 0 Å². The van der Waals surface area contributed by atoms with E-state index in [1.807, 2.05) is 0 Å². The summed E-state index contributed by atoms with van der Waals surface area (Å²) in [5, 5.41) is 0. The molecule has 0 fully saturated rings. The van der Waals surface area contributed by atoms with E-state index in [1.165, 1.54) is 11.3 Å². The lowest BCUT2D eigenvalue weighted by atomic mass is 10.1. The first-order valence-electron chi connectivity index (χ1n) is 17.0. The van der Waals surface area contributed by atoms with Crippen LogP contribution in [-0.4, -0.2) is 161 Å². The second-order valence-corrected chi connectivity index (χ2v) is 10.9. The molecule has 48 heavy (non-hydrogen) atoms. The maximum absolute atomic E-state index is 12.3. The predicted octanol–water partition coefficient (Wildman–Crippen LogP) is 3.25. The van der Waals surface area contributed by atoms with Gasteiger partial charge in [-0.15, -0.1) is 11.6 Å². The van der Waals surface area contributed by atoms with Crippen LogP contribution in [0.25, 0.3) is 0 Å². The molecule has 14 heteroatoms. The van der Waals surface area contributed by atoms with Crippen LogP contribution in [-0.2, 0) is 47.4 Å². The molecule has 0 aliphatic carbocycles. The summed E-state index contributed by atoms with van der Waals surface area (Å²) in [5.74, 6) is 0.185. The summed E-state index contributed by atoms with van der Waals surface area (Å²) in [7, 11) is 0. The van der Waals surface area contributed by atoms with Crippen molar-refractivity contribution in [2.24, 2.45) is 0 Å². The molecule has 0 atom stereocenters. The van der Waals surface area contributed by atoms with Gasteiger partial charge in [0, 0.05) is 12.5 Å². The van der Waals surface area contributed by atoms with Crippen molar-refractivity contribution in [3.8, 4) is 0 Å². The molecule has 1 aliphatic heterocycles. The summed E-state index contributed by atoms with van der Waals surface area (Å²) >= 11 is 5.65. The van der Waals surface area contributed by atoms with Crippen molar-refractivity contribution in [3.05, 3.63) is 35.4 Å². The molecular formula is C34H56ClNO12. The summed E-state index contributed by atoms with van der Waals surface area (Å²) in [5.41, 5.74) is 0.886. The lowest BCUT2D eigenvalue weighted by Crippen LogP contribution is -2.33. The van der Waals surface area contributed by atoms with Gasteiger partial charge in [0.1, 0.15) is 0 Å². The normalized spacial score (nSPS) is 12.8. The lowest BCUT2D eigenvalue weighted by Gasteiger charge is -2.13. The van der Waals surface area contributed by atoms with Crippen LogP contribution < -0.4 is 0 Å². The Morgan fingerprint density at radius 3 is 1.02 bits per heavy atom. The molecule has 276 valence electrons. The zero-order valence-corrected chi connectivity index (χ0v) is 29.2. The largest absolute Gasteiger partial charge is 0.379 e. The Morgan fingerprint density at radius 1 is 0.396 bits per heavy atom. The average Bonchev–Trinajstić information content (AvgIpc) is 3.34. The second kappa shape index (κ2) is 31.2. The van der Waals surface area contributed by atoms with Crippen LogP contribution >= 0.6 is 11.6 Å². The molecule has 1 heterocycles. The molecule has 0 saturated heterocycles. The van der Waals surface area contributed by atoms with Crippen LogP contribution in [0.3, 0.4) is 0 Å². The van der Waals surface area contributed by atoms with E-state index in [9.17, 15) is 9.59 Å². The zero-order valence-electron chi connectivity index (χ0n) is 28.4. The Hall–Kier alpha value is -1.75. The molecule has 2 rings (SSSR count). The Labute approximate surface area is 290 Å². The Kier molecular flexibility index (Phi) is 27.6. The Bertz CT molecular complexity index is 893. The third-order valence-corrected chi connectivity index (χ3v) is 7.13. The first kappa shape index (κ1) is 42.4. The van der Waals surface area contributed by atoms with Crippen molar-refractivity contribution in [3.63, 3.8) is 0 Å². The highest BCUT2D eigenvalue weighted by atomic mass is 35.5. The molecule has 1 aliphatic rings. The second-order valence-electron chi connectivity index (χ2n) is 10.5. The maximum atomic E-state index is 12.3. The average molecular weight is 706 g/mol. The summed E-state index contributed by atoms with van der Waals surface area (Å²) < 4.78 is 54.8. The molecular weight excluding hydrogens is 650 g/mol. The van der Waals surface area contributed by atoms with Crippen molar-refractivity contribution < 1.29 is 57.0 Å². The number of alkyl halides is 1. The SMILES string of the molecule is O=C1c2ccccc2C(=O)N1CCOCCOCCOCCOCCOCCOCCOCCOCCOCCOCCCCCCCl. The predicted molar refractivity (Wildman–Crippen MR) is 179 cm³/mol. The third kappa shape index (κ3) is 21.4. The molecule has 0 radical (unpaired) electrons. The number of fused-ring (bicyclic) bond motifs is 1. The fraction of sp³-hybridized carbons (Fsp3) is 0.765. The highest BCUT2D eigenvalue weighted by Crippen LogP contribution is 2.21. The lowest BCUT2D eigenvalue weighted by molar-refractivity contribution is -0.0265. The molecule has 13 nitrogen and oxygen atoms in total. The molecule has 0 bridgehead atoms. The maximum Gasteiger partial charge on any atom is 0.261 e. The van der Waals surface area contributed by atoms with E-state index in [-0.39, 0.29) is 25.0 Å². The topological polar surface area (TPSA) is 130 Å². The van der Waals surface area contributed by atoms with Crippen molar-refractivity contribution in [2.45, 2.75) is 25.7 Å². The van der Waals surface area contributed by atoms with Crippen LogP contribution in [0, 0.1) is 0 Å². The molecule has 2 amide bonds. The van der Waals surface area contributed by atoms with E-state index >= 15 is 0 Å². The van der Waals surface area contributed by atoms with Gasteiger partial charge in [-0.1, -0.05) is 25.0 Å². The van der Waals surface area contributed by atoms with Crippen molar-refractivity contribution in [1.29, 1.82) is 0 Å². The van der Waals surface area contributed by atoms with Crippen LogP contribution in [0.2, 0.25) is 0 Å². The molecule has 0 saturated carbocycles. The molecule has 0 aromatic heterocycles. The minimum absolute atomic E-state index is 0.216. The first-order valence-corrected chi connectivity index (χ1v) is 17.6. The third-order valence-electron chi connectivity index (χ3n) is 6.86. The minimum Gasteiger partial charge on any atom is -0.379 e. The number of carbonyl (C=O) groups excluding carboxylic acids is 2. The van der Waals surface area contributed by atoms with Gasteiger partial charge in [-0.2, -0.15) is 0 Å². The first-order chi connectivity index (χ1) is 23.8. The number of imide groups is 1. The highest BCUT2D eigenvalue weighted by molar-refractivity contribution is 6.21. The van der Waals surface area contributed by atoms with Gasteiger partial charge in [0.25, 0.3) is 11.8 Å². The number of nitrogens with zero attached hydrogens (tertiary/aromatic N) is 1. The number of hydrogen-bond acceptors (Lipinski definition) is 12. The van der Waals surface area contributed by atoms with Gasteiger partial charge in [0.05, 0.1) is 143 Å². The van der Waals surface area contributed by atoms with E-state index < -0.39 is 0 Å². The standard InChI is InChI=1S/C34H56ClNO12/c35-9-5-1-2-6-11-39-13-15-41-17-19-43-21-23-45-25-27-47-29-30-48-28-26-46-24-22-44-20-18-42-16-14-40-12-10-36-33(37)31-7-3-4-8-32(31)34(36)38/h3-4,7-8H,1-2,5-6,9-30H2. The van der Waals surface area contributed by atoms with Gasteiger partial charge in [-0.05, 0) is 25.0 Å². The monoisotopic (exact) mass is 705 g/mol. The van der Waals surface area contributed by atoms with E-state index in [0.717, 1.165) is 31.7 Å². The number of hydrogen-bond donors (Lipinski definition) is 0. The smallest absolute Gasteiger partial charge is 0.261 e. The summed E-state index contributed by atoms with van der Waals surface area (Å²) in [6.45, 7) is 10.1. The van der Waals surface area contributed by atoms with E-state index in [4.69, 9.17) is 59.0 Å². The number of halogens is 1. The summed E-state index contributed by atoms with van der Waals surface area (Å²) in [6, 6.07) is 6.82. The van der Waals surface area contributed by atoms with E-state index in [0.29, 0.717) is 130 Å². The zero-order chi connectivity index (χ0) is 34.2. The molecule has 0 unspecified atom stereocenters. The summed E-state index contributed by atoms with van der Waals surface area (Å²) in [6.07, 6.45) is 4.47. The van der Waals surface area contributed by atoms with Gasteiger partial charge >= 0.3 is 0 Å². The Morgan fingerprint density at radius 2 is 0.688 bits per heavy atom. The summed E-state index contributed by atoms with van der Waals surface area (Å²) in [4.78, 5) is 25.8. The number of ether oxygens (including phenoxy) is 10. The van der Waals surface area contributed by atoms with Gasteiger partial charge in [-0.3, -0.25) is 14.5 Å². The number of unbranched alkanes of at least 4 members (excludes halogenated alkanes) is 3. The van der Waals surface area contributed by atoms with Crippen LogP contribution in [0.15, 0.2) is 24.3 Å². The quantitative estimate of drug-likeness (QED) is 0.0578. The van der Waals surface area contributed by atoms with Gasteiger partial charge in [0.15, 0.2) is 0 Å². The molecule has 0 spiro atoms. The van der Waals surface area contributed by atoms with E-state index in [1.54, 1.807) is 24.3 Å². The van der Waals surface area contributed by atoms with Crippen molar-refractivity contribution in [1.82, 2.24) is 4.90 Å². The molecule has 1 aromatic carbocycles. The van der Waals surface area contributed by atoms with Crippen LogP contribution in [0.5, 0.6) is 0 Å². The van der Waals surface area contributed by atoms with Crippen molar-refractivity contribution in [2.75, 3.05) is 145 Å².